The van der Waals surface area contributed by atoms with Crippen molar-refractivity contribution in [1.82, 2.24) is 9.78 Å². The molecule has 1 heterocycles. The van der Waals surface area contributed by atoms with Crippen molar-refractivity contribution in [2.45, 2.75) is 24.8 Å². The van der Waals surface area contributed by atoms with Crippen molar-refractivity contribution < 1.29 is 8.42 Å². The Bertz CT molecular complexity index is 744. The SMILES string of the molecule is CCc1nn(Cc2cccc(Br)c2)c(Cl)c1S(=O)(=O)Cl. The second-order valence-electron chi connectivity index (χ2n) is 4.15. The van der Waals surface area contributed by atoms with Gasteiger partial charge in [-0.25, -0.2) is 13.1 Å². The summed E-state index contributed by atoms with van der Waals surface area (Å²) in [5, 5.41) is 4.26. The maximum absolute atomic E-state index is 11.6. The van der Waals surface area contributed by atoms with E-state index < -0.39 is 9.05 Å². The normalized spacial score (nSPS) is 11.8. The maximum Gasteiger partial charge on any atom is 0.266 e. The third kappa shape index (κ3) is 3.36. The average molecular weight is 398 g/mol. The second kappa shape index (κ2) is 6.05. The molecule has 0 aliphatic heterocycles. The Labute approximate surface area is 135 Å². The summed E-state index contributed by atoms with van der Waals surface area (Å²) in [6.07, 6.45) is 0.437. The number of rotatable bonds is 4. The van der Waals surface area contributed by atoms with E-state index in [9.17, 15) is 8.42 Å². The summed E-state index contributed by atoms with van der Waals surface area (Å²) in [6.45, 7) is 2.17. The van der Waals surface area contributed by atoms with Crippen molar-refractivity contribution in [3.63, 3.8) is 0 Å². The van der Waals surface area contributed by atoms with Gasteiger partial charge in [-0.2, -0.15) is 5.10 Å². The third-order valence-electron chi connectivity index (χ3n) is 2.72. The Kier molecular flexibility index (Phi) is 4.79. The van der Waals surface area contributed by atoms with Gasteiger partial charge in [0.25, 0.3) is 9.05 Å². The summed E-state index contributed by atoms with van der Waals surface area (Å²) in [5.74, 6) is 0. The fraction of sp³-hybridized carbons (Fsp3) is 0.250. The molecule has 20 heavy (non-hydrogen) atoms. The first kappa shape index (κ1) is 15.8. The predicted octanol–water partition coefficient (Wildman–Crippen LogP) is 3.84. The summed E-state index contributed by atoms with van der Waals surface area (Å²) in [6, 6.07) is 7.61. The lowest BCUT2D eigenvalue weighted by atomic mass is 10.2. The number of halogens is 3. The fourth-order valence-corrected chi connectivity index (χ4v) is 4.19. The first-order chi connectivity index (χ1) is 9.32. The van der Waals surface area contributed by atoms with E-state index in [1.54, 1.807) is 6.92 Å². The first-order valence-corrected chi connectivity index (χ1v) is 9.25. The number of benzene rings is 1. The Hall–Kier alpha value is -0.560. The average Bonchev–Trinajstić information content (AvgIpc) is 2.66. The van der Waals surface area contributed by atoms with E-state index in [-0.39, 0.29) is 10.0 Å². The van der Waals surface area contributed by atoms with Crippen LogP contribution in [-0.2, 0) is 22.0 Å². The quantitative estimate of drug-likeness (QED) is 0.736. The molecular weight excluding hydrogens is 387 g/mol. The smallest absolute Gasteiger partial charge is 0.248 e. The van der Waals surface area contributed by atoms with Gasteiger partial charge in [-0.1, -0.05) is 46.6 Å². The van der Waals surface area contributed by atoms with Gasteiger partial charge in [0.05, 0.1) is 12.2 Å². The molecule has 0 bridgehead atoms. The Morgan fingerprint density at radius 3 is 2.60 bits per heavy atom. The Morgan fingerprint density at radius 1 is 1.40 bits per heavy atom. The number of aromatic nitrogens is 2. The standard InChI is InChI=1S/C12H11BrCl2N2O2S/c1-2-10-11(20(15,18)19)12(14)17(16-10)7-8-4-3-5-9(13)6-8/h3-6H,2,7H2,1H3. The van der Waals surface area contributed by atoms with E-state index in [2.05, 4.69) is 21.0 Å². The molecule has 0 saturated heterocycles. The number of nitrogens with zero attached hydrogens (tertiary/aromatic N) is 2. The minimum absolute atomic E-state index is 0.0387. The van der Waals surface area contributed by atoms with Crippen molar-refractivity contribution in [2.75, 3.05) is 0 Å². The van der Waals surface area contributed by atoms with Crippen LogP contribution in [0.4, 0.5) is 0 Å². The molecule has 0 N–H and O–H groups in total. The van der Waals surface area contributed by atoms with Crippen LogP contribution in [0.25, 0.3) is 0 Å². The highest BCUT2D eigenvalue weighted by molar-refractivity contribution is 9.10. The molecule has 0 aliphatic carbocycles. The molecule has 8 heteroatoms. The van der Waals surface area contributed by atoms with Gasteiger partial charge in [-0.15, -0.1) is 0 Å². The van der Waals surface area contributed by atoms with Crippen molar-refractivity contribution in [3.8, 4) is 0 Å². The second-order valence-corrected chi connectivity index (χ2v) is 7.92. The van der Waals surface area contributed by atoms with E-state index in [4.69, 9.17) is 22.3 Å². The van der Waals surface area contributed by atoms with Gasteiger partial charge in [-0.05, 0) is 24.1 Å². The third-order valence-corrected chi connectivity index (χ3v) is 5.09. The monoisotopic (exact) mass is 396 g/mol. The summed E-state index contributed by atoms with van der Waals surface area (Å²) in [7, 11) is 1.51. The molecule has 0 amide bonds. The molecule has 108 valence electrons. The van der Waals surface area contributed by atoms with Crippen LogP contribution >= 0.6 is 38.2 Å². The Balaban J connectivity index is 2.46. The summed E-state index contributed by atoms with van der Waals surface area (Å²) < 4.78 is 25.5. The summed E-state index contributed by atoms with van der Waals surface area (Å²) in [4.78, 5) is -0.0988. The van der Waals surface area contributed by atoms with E-state index in [0.717, 1.165) is 10.0 Å². The zero-order valence-electron chi connectivity index (χ0n) is 10.5. The van der Waals surface area contributed by atoms with Crippen molar-refractivity contribution >= 4 is 47.3 Å². The molecule has 4 nitrogen and oxygen atoms in total. The maximum atomic E-state index is 11.6. The van der Waals surface area contributed by atoms with Crippen molar-refractivity contribution in [1.29, 1.82) is 0 Å². The highest BCUT2D eigenvalue weighted by Crippen LogP contribution is 2.29. The molecule has 0 atom stereocenters. The zero-order valence-corrected chi connectivity index (χ0v) is 14.4. The minimum Gasteiger partial charge on any atom is -0.248 e. The van der Waals surface area contributed by atoms with Crippen LogP contribution < -0.4 is 0 Å². The first-order valence-electron chi connectivity index (χ1n) is 5.77. The molecule has 1 aromatic heterocycles. The van der Waals surface area contributed by atoms with Crippen LogP contribution in [0.2, 0.25) is 5.15 Å². The van der Waals surface area contributed by atoms with Gasteiger partial charge in [0, 0.05) is 15.2 Å². The van der Waals surface area contributed by atoms with Gasteiger partial charge in [0.1, 0.15) is 10.0 Å². The lowest BCUT2D eigenvalue weighted by molar-refractivity contribution is 0.608. The van der Waals surface area contributed by atoms with E-state index in [1.807, 2.05) is 24.3 Å². The van der Waals surface area contributed by atoms with E-state index in [0.29, 0.717) is 18.7 Å². The van der Waals surface area contributed by atoms with Crippen LogP contribution in [0, 0.1) is 0 Å². The molecule has 0 spiro atoms. The molecule has 0 unspecified atom stereocenters. The van der Waals surface area contributed by atoms with E-state index in [1.165, 1.54) is 4.68 Å². The van der Waals surface area contributed by atoms with Crippen LogP contribution in [-0.4, -0.2) is 18.2 Å². The highest BCUT2D eigenvalue weighted by Gasteiger charge is 2.25. The largest absolute Gasteiger partial charge is 0.266 e. The highest BCUT2D eigenvalue weighted by atomic mass is 79.9. The van der Waals surface area contributed by atoms with Gasteiger partial charge in [0.2, 0.25) is 0 Å². The number of hydrogen-bond acceptors (Lipinski definition) is 3. The fourth-order valence-electron chi connectivity index (χ4n) is 1.86. The van der Waals surface area contributed by atoms with Gasteiger partial charge in [-0.3, -0.25) is 0 Å². The molecule has 2 aromatic rings. The van der Waals surface area contributed by atoms with Crippen molar-refractivity contribution in [2.24, 2.45) is 0 Å². The minimum atomic E-state index is -3.91. The zero-order chi connectivity index (χ0) is 14.9. The van der Waals surface area contributed by atoms with Gasteiger partial charge < -0.3 is 0 Å². The lowest BCUT2D eigenvalue weighted by Crippen LogP contribution is -2.02. The van der Waals surface area contributed by atoms with Crippen LogP contribution in [0.1, 0.15) is 18.2 Å². The van der Waals surface area contributed by atoms with Gasteiger partial charge >= 0.3 is 0 Å². The number of hydrogen-bond donors (Lipinski definition) is 0. The van der Waals surface area contributed by atoms with Crippen molar-refractivity contribution in [3.05, 3.63) is 45.1 Å². The summed E-state index contributed by atoms with van der Waals surface area (Å²) in [5.41, 5.74) is 1.32. The molecule has 0 radical (unpaired) electrons. The molecule has 2 rings (SSSR count). The molecule has 1 aromatic carbocycles. The molecule has 0 saturated carbocycles. The van der Waals surface area contributed by atoms with E-state index >= 15 is 0 Å². The molecule has 0 aliphatic rings. The molecular formula is C12H11BrCl2N2O2S. The van der Waals surface area contributed by atoms with Crippen LogP contribution in [0.15, 0.2) is 33.6 Å². The lowest BCUT2D eigenvalue weighted by Gasteiger charge is -2.04. The topological polar surface area (TPSA) is 52.0 Å². The van der Waals surface area contributed by atoms with Crippen LogP contribution in [0.5, 0.6) is 0 Å². The predicted molar refractivity (Wildman–Crippen MR) is 82.9 cm³/mol. The van der Waals surface area contributed by atoms with Gasteiger partial charge in [0.15, 0.2) is 0 Å². The number of aryl methyl sites for hydroxylation is 1. The van der Waals surface area contributed by atoms with Crippen LogP contribution in [0.3, 0.4) is 0 Å². The summed E-state index contributed by atoms with van der Waals surface area (Å²) >= 11 is 9.49. The Morgan fingerprint density at radius 2 is 2.10 bits per heavy atom. The molecule has 0 fully saturated rings.